The van der Waals surface area contributed by atoms with E-state index in [0.717, 1.165) is 35.3 Å². The van der Waals surface area contributed by atoms with Crippen LogP contribution >= 0.6 is 11.3 Å². The average molecular weight is 239 g/mol. The van der Waals surface area contributed by atoms with Gasteiger partial charge in [-0.25, -0.2) is 4.98 Å². The maximum Gasteiger partial charge on any atom is 0.187 e. The van der Waals surface area contributed by atoms with Crippen LogP contribution in [0.1, 0.15) is 38.8 Å². The van der Waals surface area contributed by atoms with Gasteiger partial charge >= 0.3 is 0 Å². The van der Waals surface area contributed by atoms with Gasteiger partial charge in [-0.05, 0) is 31.6 Å². The smallest absolute Gasteiger partial charge is 0.187 e. The second kappa shape index (κ2) is 5.04. The molecule has 1 aromatic heterocycles. The van der Waals surface area contributed by atoms with Crippen LogP contribution in [0.5, 0.6) is 0 Å². The molecule has 1 aliphatic rings. The Hall–Kier alpha value is -0.770. The zero-order chi connectivity index (χ0) is 11.5. The van der Waals surface area contributed by atoms with Crippen LogP contribution in [0.2, 0.25) is 0 Å². The molecular weight excluding hydrogens is 218 g/mol. The lowest BCUT2D eigenvalue weighted by atomic mass is 10.1. The van der Waals surface area contributed by atoms with Gasteiger partial charge in [0.15, 0.2) is 5.13 Å². The summed E-state index contributed by atoms with van der Waals surface area (Å²) in [6.45, 7) is 6.71. The van der Waals surface area contributed by atoms with Crippen LogP contribution in [0.15, 0.2) is 0 Å². The molecule has 0 unspecified atom stereocenters. The number of nitrogen functional groups attached to an aromatic ring is 1. The molecule has 0 atom stereocenters. The number of rotatable bonds is 3. The Morgan fingerprint density at radius 1 is 1.31 bits per heavy atom. The SMILES string of the molecule is CC(C)Cc1nc(N2CCCCC2)sc1N. The van der Waals surface area contributed by atoms with Crippen LogP contribution in [0.4, 0.5) is 10.1 Å². The Balaban J connectivity index is 2.09. The molecule has 0 aromatic carbocycles. The first-order chi connectivity index (χ1) is 7.66. The number of hydrogen-bond donors (Lipinski definition) is 1. The van der Waals surface area contributed by atoms with E-state index in [1.54, 1.807) is 11.3 Å². The third-order valence-corrected chi connectivity index (χ3v) is 3.93. The maximum absolute atomic E-state index is 6.03. The molecule has 0 bridgehead atoms. The molecule has 0 spiro atoms. The summed E-state index contributed by atoms with van der Waals surface area (Å²) in [7, 11) is 0. The van der Waals surface area contributed by atoms with Gasteiger partial charge in [-0.3, -0.25) is 0 Å². The highest BCUT2D eigenvalue weighted by molar-refractivity contribution is 7.19. The van der Waals surface area contributed by atoms with E-state index in [-0.39, 0.29) is 0 Å². The van der Waals surface area contributed by atoms with E-state index in [4.69, 9.17) is 10.7 Å². The summed E-state index contributed by atoms with van der Waals surface area (Å²) in [5.74, 6) is 0.624. The summed E-state index contributed by atoms with van der Waals surface area (Å²) in [5.41, 5.74) is 7.12. The largest absolute Gasteiger partial charge is 0.389 e. The molecule has 4 heteroatoms. The lowest BCUT2D eigenvalue weighted by Crippen LogP contribution is -2.29. The van der Waals surface area contributed by atoms with Gasteiger partial charge in [-0.15, -0.1) is 0 Å². The highest BCUT2D eigenvalue weighted by Gasteiger charge is 2.17. The Labute approximate surface area is 102 Å². The lowest BCUT2D eigenvalue weighted by Gasteiger charge is -2.25. The van der Waals surface area contributed by atoms with Crippen molar-refractivity contribution in [1.82, 2.24) is 4.98 Å². The quantitative estimate of drug-likeness (QED) is 0.882. The van der Waals surface area contributed by atoms with Crippen molar-refractivity contribution >= 4 is 21.5 Å². The van der Waals surface area contributed by atoms with Gasteiger partial charge in [-0.1, -0.05) is 25.2 Å². The van der Waals surface area contributed by atoms with Gasteiger partial charge < -0.3 is 10.6 Å². The van der Waals surface area contributed by atoms with Crippen molar-refractivity contribution in [3.63, 3.8) is 0 Å². The fourth-order valence-electron chi connectivity index (χ4n) is 2.10. The van der Waals surface area contributed by atoms with E-state index in [9.17, 15) is 0 Å². The number of piperidine rings is 1. The van der Waals surface area contributed by atoms with E-state index in [0.29, 0.717) is 5.92 Å². The fourth-order valence-corrected chi connectivity index (χ4v) is 3.02. The zero-order valence-corrected chi connectivity index (χ0v) is 11.0. The van der Waals surface area contributed by atoms with Crippen molar-refractivity contribution in [2.75, 3.05) is 23.7 Å². The Kier molecular flexibility index (Phi) is 3.69. The highest BCUT2D eigenvalue weighted by Crippen LogP contribution is 2.31. The topological polar surface area (TPSA) is 42.2 Å². The first-order valence-electron chi connectivity index (χ1n) is 6.17. The van der Waals surface area contributed by atoms with E-state index in [2.05, 4.69) is 18.7 Å². The summed E-state index contributed by atoms with van der Waals surface area (Å²) < 4.78 is 0. The van der Waals surface area contributed by atoms with Crippen molar-refractivity contribution in [3.05, 3.63) is 5.69 Å². The van der Waals surface area contributed by atoms with Crippen molar-refractivity contribution in [3.8, 4) is 0 Å². The molecule has 3 nitrogen and oxygen atoms in total. The number of nitrogens with two attached hydrogens (primary N) is 1. The number of nitrogens with zero attached hydrogens (tertiary/aromatic N) is 2. The molecular formula is C12H21N3S. The van der Waals surface area contributed by atoms with Gasteiger partial charge in [0.2, 0.25) is 0 Å². The normalized spacial score (nSPS) is 17.1. The van der Waals surface area contributed by atoms with Crippen molar-refractivity contribution < 1.29 is 0 Å². The first-order valence-corrected chi connectivity index (χ1v) is 6.98. The summed E-state index contributed by atoms with van der Waals surface area (Å²) in [5, 5.41) is 2.04. The average Bonchev–Trinajstić information content (AvgIpc) is 2.61. The summed E-state index contributed by atoms with van der Waals surface area (Å²) in [6, 6.07) is 0. The van der Waals surface area contributed by atoms with Crippen LogP contribution in [0, 0.1) is 5.92 Å². The highest BCUT2D eigenvalue weighted by atomic mass is 32.1. The van der Waals surface area contributed by atoms with Crippen LogP contribution < -0.4 is 10.6 Å². The predicted octanol–water partition coefficient (Wildman–Crippen LogP) is 2.91. The third-order valence-electron chi connectivity index (χ3n) is 2.94. The van der Waals surface area contributed by atoms with Gasteiger partial charge in [0.05, 0.1) is 5.69 Å². The van der Waals surface area contributed by atoms with E-state index < -0.39 is 0 Å². The molecule has 0 saturated carbocycles. The molecule has 1 saturated heterocycles. The molecule has 0 aliphatic carbocycles. The third kappa shape index (κ3) is 2.67. The van der Waals surface area contributed by atoms with Gasteiger partial charge in [0.1, 0.15) is 5.00 Å². The number of anilines is 2. The summed E-state index contributed by atoms with van der Waals surface area (Å²) >= 11 is 1.66. The number of aromatic nitrogens is 1. The first kappa shape index (κ1) is 11.7. The van der Waals surface area contributed by atoms with E-state index >= 15 is 0 Å². The molecule has 0 radical (unpaired) electrons. The predicted molar refractivity (Wildman–Crippen MR) is 71.1 cm³/mol. The molecule has 1 fully saturated rings. The van der Waals surface area contributed by atoms with Crippen molar-refractivity contribution in [1.29, 1.82) is 0 Å². The monoisotopic (exact) mass is 239 g/mol. The van der Waals surface area contributed by atoms with Gasteiger partial charge in [0, 0.05) is 13.1 Å². The van der Waals surface area contributed by atoms with Crippen LogP contribution in [-0.2, 0) is 6.42 Å². The molecule has 1 aromatic rings. The molecule has 2 rings (SSSR count). The van der Waals surface area contributed by atoms with Gasteiger partial charge in [-0.2, -0.15) is 0 Å². The minimum absolute atomic E-state index is 0.624. The summed E-state index contributed by atoms with van der Waals surface area (Å²) in [6.07, 6.45) is 4.93. The second-order valence-corrected chi connectivity index (χ2v) is 5.96. The molecule has 2 heterocycles. The van der Waals surface area contributed by atoms with E-state index in [1.165, 1.54) is 19.3 Å². The molecule has 2 N–H and O–H groups in total. The van der Waals surface area contributed by atoms with E-state index in [1.807, 2.05) is 0 Å². The Morgan fingerprint density at radius 3 is 2.62 bits per heavy atom. The van der Waals surface area contributed by atoms with Crippen LogP contribution in [0.25, 0.3) is 0 Å². The number of thiazole rings is 1. The fraction of sp³-hybridized carbons (Fsp3) is 0.750. The Bertz CT molecular complexity index is 340. The van der Waals surface area contributed by atoms with Crippen LogP contribution in [-0.4, -0.2) is 18.1 Å². The lowest BCUT2D eigenvalue weighted by molar-refractivity contribution is 0.575. The molecule has 90 valence electrons. The minimum Gasteiger partial charge on any atom is -0.389 e. The molecule has 0 amide bonds. The number of hydrogen-bond acceptors (Lipinski definition) is 4. The van der Waals surface area contributed by atoms with Crippen molar-refractivity contribution in [2.24, 2.45) is 5.92 Å². The maximum atomic E-state index is 6.03. The molecule has 1 aliphatic heterocycles. The second-order valence-electron chi connectivity index (χ2n) is 4.95. The molecule has 16 heavy (non-hydrogen) atoms. The van der Waals surface area contributed by atoms with Crippen molar-refractivity contribution in [2.45, 2.75) is 39.5 Å². The van der Waals surface area contributed by atoms with Gasteiger partial charge in [0.25, 0.3) is 0 Å². The zero-order valence-electron chi connectivity index (χ0n) is 10.2. The standard InChI is InChI=1S/C12H21N3S/c1-9(2)8-10-11(13)16-12(14-10)15-6-4-3-5-7-15/h9H,3-8,13H2,1-2H3. The van der Waals surface area contributed by atoms with Crippen LogP contribution in [0.3, 0.4) is 0 Å². The minimum atomic E-state index is 0.624. The summed E-state index contributed by atoms with van der Waals surface area (Å²) in [4.78, 5) is 7.08. The Morgan fingerprint density at radius 2 is 2.00 bits per heavy atom.